The van der Waals surface area contributed by atoms with Gasteiger partial charge in [-0.25, -0.2) is 0 Å². The van der Waals surface area contributed by atoms with Crippen molar-refractivity contribution in [1.82, 2.24) is 0 Å². The molecule has 2 bridgehead atoms. The summed E-state index contributed by atoms with van der Waals surface area (Å²) in [4.78, 5) is 23.8. The minimum absolute atomic E-state index is 0.116. The van der Waals surface area contributed by atoms with Crippen LogP contribution in [0.1, 0.15) is 66.2 Å². The monoisotopic (exact) mass is 296 g/mol. The van der Waals surface area contributed by atoms with Crippen molar-refractivity contribution in [3.63, 3.8) is 0 Å². The van der Waals surface area contributed by atoms with E-state index in [1.54, 1.807) is 0 Å². The quantitative estimate of drug-likeness (QED) is 0.704. The molecule has 2 saturated carbocycles. The van der Waals surface area contributed by atoms with E-state index in [1.807, 2.05) is 20.8 Å². The first-order chi connectivity index (χ1) is 9.77. The van der Waals surface area contributed by atoms with E-state index < -0.39 is 5.41 Å². The zero-order chi connectivity index (χ0) is 15.7. The number of rotatable bonds is 6. The Morgan fingerprint density at radius 2 is 2.00 bits per heavy atom. The molecule has 2 fully saturated rings. The molecule has 3 atom stereocenters. The van der Waals surface area contributed by atoms with Gasteiger partial charge in [0.2, 0.25) is 0 Å². The number of hydrogen-bond acceptors (Lipinski definition) is 4. The third-order valence-electron chi connectivity index (χ3n) is 5.42. The van der Waals surface area contributed by atoms with Crippen LogP contribution in [0.5, 0.6) is 0 Å². The molecule has 0 amide bonds. The second-order valence-corrected chi connectivity index (χ2v) is 7.49. The maximum Gasteiger partial charge on any atom is 0.311 e. The highest BCUT2D eigenvalue weighted by Gasteiger charge is 2.50. The fourth-order valence-electron chi connectivity index (χ4n) is 3.56. The van der Waals surface area contributed by atoms with Gasteiger partial charge in [0.1, 0.15) is 12.2 Å². The third kappa shape index (κ3) is 3.58. The van der Waals surface area contributed by atoms with Gasteiger partial charge in [-0.1, -0.05) is 6.92 Å². The van der Waals surface area contributed by atoms with Crippen LogP contribution < -0.4 is 0 Å². The zero-order valence-corrected chi connectivity index (χ0v) is 13.7. The molecule has 120 valence electrons. The lowest BCUT2D eigenvalue weighted by Gasteiger charge is -2.33. The van der Waals surface area contributed by atoms with Crippen molar-refractivity contribution < 1.29 is 19.1 Å². The summed E-state index contributed by atoms with van der Waals surface area (Å²) < 4.78 is 10.9. The van der Waals surface area contributed by atoms with Gasteiger partial charge in [-0.3, -0.25) is 9.59 Å². The van der Waals surface area contributed by atoms with Crippen molar-refractivity contribution in [3.8, 4) is 0 Å². The number of esters is 2. The Labute approximate surface area is 127 Å². The van der Waals surface area contributed by atoms with Gasteiger partial charge in [0.15, 0.2) is 0 Å². The highest BCUT2D eigenvalue weighted by molar-refractivity contribution is 5.76. The van der Waals surface area contributed by atoms with Gasteiger partial charge in [-0.2, -0.15) is 0 Å². The SMILES string of the molecule is CCC(C)(C)C(=O)OCCC(=O)OC1(C)CC2CCC1C2. The highest BCUT2D eigenvalue weighted by Crippen LogP contribution is 2.52. The molecule has 0 N–H and O–H groups in total. The number of carbonyl (C=O) groups excluding carboxylic acids is 2. The summed E-state index contributed by atoms with van der Waals surface area (Å²) in [7, 11) is 0. The Morgan fingerprint density at radius 1 is 1.29 bits per heavy atom. The van der Waals surface area contributed by atoms with Crippen LogP contribution in [0.2, 0.25) is 0 Å². The number of hydrogen-bond donors (Lipinski definition) is 0. The van der Waals surface area contributed by atoms with E-state index in [4.69, 9.17) is 9.47 Å². The molecule has 4 nitrogen and oxygen atoms in total. The normalized spacial score (nSPS) is 31.2. The van der Waals surface area contributed by atoms with Crippen LogP contribution in [-0.4, -0.2) is 24.1 Å². The summed E-state index contributed by atoms with van der Waals surface area (Å²) in [5, 5.41) is 0. The number of fused-ring (bicyclic) bond motifs is 2. The van der Waals surface area contributed by atoms with Gasteiger partial charge in [0, 0.05) is 0 Å². The second kappa shape index (κ2) is 5.98. The van der Waals surface area contributed by atoms with E-state index >= 15 is 0 Å². The largest absolute Gasteiger partial charge is 0.465 e. The van der Waals surface area contributed by atoms with Gasteiger partial charge >= 0.3 is 11.9 Å². The summed E-state index contributed by atoms with van der Waals surface area (Å²) in [5.41, 5.74) is -0.771. The first-order valence-electron chi connectivity index (χ1n) is 8.16. The van der Waals surface area contributed by atoms with Crippen molar-refractivity contribution in [2.45, 2.75) is 71.8 Å². The van der Waals surface area contributed by atoms with E-state index in [0.717, 1.165) is 18.8 Å². The van der Waals surface area contributed by atoms with E-state index in [2.05, 4.69) is 6.92 Å². The molecule has 0 aromatic carbocycles. The second-order valence-electron chi connectivity index (χ2n) is 7.49. The van der Waals surface area contributed by atoms with Gasteiger partial charge in [0.25, 0.3) is 0 Å². The Bertz CT molecular complexity index is 415. The fourth-order valence-corrected chi connectivity index (χ4v) is 3.56. The average molecular weight is 296 g/mol. The van der Waals surface area contributed by atoms with Gasteiger partial charge in [0.05, 0.1) is 11.8 Å². The molecule has 0 radical (unpaired) electrons. The van der Waals surface area contributed by atoms with Gasteiger partial charge in [-0.15, -0.1) is 0 Å². The minimum atomic E-state index is -0.486. The van der Waals surface area contributed by atoms with Crippen LogP contribution in [0, 0.1) is 17.3 Å². The average Bonchev–Trinajstić information content (AvgIpc) is 2.98. The van der Waals surface area contributed by atoms with Crippen molar-refractivity contribution in [3.05, 3.63) is 0 Å². The van der Waals surface area contributed by atoms with Crippen molar-refractivity contribution >= 4 is 11.9 Å². The lowest BCUT2D eigenvalue weighted by Crippen LogP contribution is -2.37. The molecule has 21 heavy (non-hydrogen) atoms. The molecule has 2 aliphatic carbocycles. The van der Waals surface area contributed by atoms with E-state index in [1.165, 1.54) is 19.3 Å². The summed E-state index contributed by atoms with van der Waals surface area (Å²) in [5.74, 6) is 0.764. The molecule has 2 aliphatic rings. The Hall–Kier alpha value is -1.06. The predicted octanol–water partition coefficient (Wildman–Crippen LogP) is 3.48. The lowest BCUT2D eigenvalue weighted by atomic mass is 9.86. The van der Waals surface area contributed by atoms with Gasteiger partial charge < -0.3 is 9.47 Å². The third-order valence-corrected chi connectivity index (χ3v) is 5.42. The maximum absolute atomic E-state index is 12.0. The molecular weight excluding hydrogens is 268 g/mol. The van der Waals surface area contributed by atoms with Gasteiger partial charge in [-0.05, 0) is 64.7 Å². The molecule has 2 rings (SSSR count). The smallest absolute Gasteiger partial charge is 0.311 e. The van der Waals surface area contributed by atoms with E-state index in [-0.39, 0.29) is 30.6 Å². The molecule has 3 unspecified atom stereocenters. The Morgan fingerprint density at radius 3 is 2.52 bits per heavy atom. The molecule has 0 saturated heterocycles. The molecule has 0 heterocycles. The van der Waals surface area contributed by atoms with Crippen LogP contribution in [0.3, 0.4) is 0 Å². The standard InChI is InChI=1S/C17H28O4/c1-5-16(2,3)15(19)20-9-8-14(18)21-17(4)11-12-6-7-13(17)10-12/h12-13H,5-11H2,1-4H3. The Balaban J connectivity index is 1.72. The number of carbonyl (C=O) groups is 2. The highest BCUT2D eigenvalue weighted by atomic mass is 16.6. The molecular formula is C17H28O4. The summed E-state index contributed by atoms with van der Waals surface area (Å²) in [6, 6.07) is 0. The minimum Gasteiger partial charge on any atom is -0.465 e. The molecule has 0 spiro atoms. The van der Waals surface area contributed by atoms with Crippen LogP contribution >= 0.6 is 0 Å². The Kier molecular flexibility index (Phi) is 4.64. The van der Waals surface area contributed by atoms with Crippen LogP contribution in [0.15, 0.2) is 0 Å². The first kappa shape index (κ1) is 16.3. The first-order valence-corrected chi connectivity index (χ1v) is 8.16. The predicted molar refractivity (Wildman–Crippen MR) is 79.6 cm³/mol. The van der Waals surface area contributed by atoms with E-state index in [9.17, 15) is 9.59 Å². The summed E-state index contributed by atoms with van der Waals surface area (Å²) in [6.07, 6.45) is 5.51. The molecule has 0 aromatic rings. The fraction of sp³-hybridized carbons (Fsp3) is 0.882. The molecule has 0 aromatic heterocycles. The summed E-state index contributed by atoms with van der Waals surface area (Å²) in [6.45, 7) is 7.83. The zero-order valence-electron chi connectivity index (χ0n) is 13.7. The van der Waals surface area contributed by atoms with Crippen molar-refractivity contribution in [1.29, 1.82) is 0 Å². The molecule has 0 aliphatic heterocycles. The molecule has 4 heteroatoms. The van der Waals surface area contributed by atoms with Crippen LogP contribution in [-0.2, 0) is 19.1 Å². The van der Waals surface area contributed by atoms with E-state index in [0.29, 0.717) is 5.92 Å². The van der Waals surface area contributed by atoms with Crippen molar-refractivity contribution in [2.24, 2.45) is 17.3 Å². The van der Waals surface area contributed by atoms with Crippen LogP contribution in [0.25, 0.3) is 0 Å². The topological polar surface area (TPSA) is 52.6 Å². The van der Waals surface area contributed by atoms with Crippen molar-refractivity contribution in [2.75, 3.05) is 6.61 Å². The van der Waals surface area contributed by atoms with Crippen LogP contribution in [0.4, 0.5) is 0 Å². The number of ether oxygens (including phenoxy) is 2. The maximum atomic E-state index is 12.0. The summed E-state index contributed by atoms with van der Waals surface area (Å²) >= 11 is 0. The lowest BCUT2D eigenvalue weighted by molar-refractivity contribution is -0.166.